The minimum absolute atomic E-state index is 0.318. The Labute approximate surface area is 134 Å². The Bertz CT molecular complexity index is 576. The van der Waals surface area contributed by atoms with Gasteiger partial charge in [-0.15, -0.1) is 12.3 Å². The molecule has 0 radical (unpaired) electrons. The van der Waals surface area contributed by atoms with Crippen molar-refractivity contribution < 1.29 is 4.79 Å². The lowest BCUT2D eigenvalue weighted by atomic mass is 9.68. The molecule has 1 aliphatic carbocycles. The van der Waals surface area contributed by atoms with Gasteiger partial charge < -0.3 is 0 Å². The molecule has 1 nitrogen and oxygen atoms in total. The van der Waals surface area contributed by atoms with Gasteiger partial charge in [0.05, 0.1) is 5.41 Å². The van der Waals surface area contributed by atoms with Crippen LogP contribution in [-0.4, -0.2) is 5.78 Å². The van der Waals surface area contributed by atoms with Crippen LogP contribution in [0.2, 0.25) is 0 Å². The van der Waals surface area contributed by atoms with E-state index in [1.807, 2.05) is 18.2 Å². The topological polar surface area (TPSA) is 17.1 Å². The first kappa shape index (κ1) is 16.6. The summed E-state index contributed by atoms with van der Waals surface area (Å²) in [5.74, 6) is 3.51. The van der Waals surface area contributed by atoms with Crippen molar-refractivity contribution >= 4 is 5.78 Å². The quantitative estimate of drug-likeness (QED) is 0.550. The van der Waals surface area contributed by atoms with Crippen LogP contribution in [0.1, 0.15) is 57.9 Å². The molecule has 2 atom stereocenters. The molecule has 0 saturated heterocycles. The SMILES string of the molecule is C#CC[C@]1(c2ccccc2)CC/C(C)=C/CC[C@H](C)CC1=O. The van der Waals surface area contributed by atoms with Crippen LogP contribution < -0.4 is 0 Å². The summed E-state index contributed by atoms with van der Waals surface area (Å²) in [6.45, 7) is 4.34. The van der Waals surface area contributed by atoms with Gasteiger partial charge in [-0.3, -0.25) is 4.79 Å². The average Bonchev–Trinajstić information content (AvgIpc) is 2.51. The van der Waals surface area contributed by atoms with E-state index >= 15 is 0 Å². The number of benzene rings is 1. The lowest BCUT2D eigenvalue weighted by Crippen LogP contribution is -2.37. The Morgan fingerprint density at radius 2 is 2.05 bits per heavy atom. The predicted octanol–water partition coefficient (Wildman–Crippen LogP) is 5.06. The van der Waals surface area contributed by atoms with E-state index in [0.29, 0.717) is 24.5 Å². The molecule has 0 aliphatic heterocycles. The Balaban J connectivity index is 2.46. The van der Waals surface area contributed by atoms with E-state index in [1.165, 1.54) is 5.57 Å². The molecule has 0 aromatic heterocycles. The third-order valence-corrected chi connectivity index (χ3v) is 4.90. The second-order valence-electron chi connectivity index (χ2n) is 6.69. The number of ketones is 1. The van der Waals surface area contributed by atoms with E-state index in [4.69, 9.17) is 6.42 Å². The van der Waals surface area contributed by atoms with Crippen molar-refractivity contribution in [1.82, 2.24) is 0 Å². The van der Waals surface area contributed by atoms with Gasteiger partial charge in [-0.05, 0) is 44.1 Å². The second kappa shape index (κ2) is 7.45. The highest BCUT2D eigenvalue weighted by molar-refractivity contribution is 5.90. The second-order valence-corrected chi connectivity index (χ2v) is 6.69. The normalized spacial score (nSPS) is 29.2. The molecular formula is C21H26O. The highest BCUT2D eigenvalue weighted by Gasteiger charge is 2.39. The van der Waals surface area contributed by atoms with E-state index in [-0.39, 0.29) is 0 Å². The molecule has 1 heteroatoms. The first-order chi connectivity index (χ1) is 10.6. The number of hydrogen-bond acceptors (Lipinski definition) is 1. The van der Waals surface area contributed by atoms with E-state index in [2.05, 4.69) is 38.0 Å². The summed E-state index contributed by atoms with van der Waals surface area (Å²) >= 11 is 0. The summed E-state index contributed by atoms with van der Waals surface area (Å²) in [6.07, 6.45) is 13.0. The molecule has 0 unspecified atom stereocenters. The largest absolute Gasteiger partial charge is 0.299 e. The molecule has 0 N–H and O–H groups in total. The monoisotopic (exact) mass is 294 g/mol. The van der Waals surface area contributed by atoms with Crippen molar-refractivity contribution in [3.05, 3.63) is 47.5 Å². The molecule has 0 spiro atoms. The first-order valence-electron chi connectivity index (χ1n) is 8.26. The van der Waals surface area contributed by atoms with E-state index in [1.54, 1.807) is 0 Å². The predicted molar refractivity (Wildman–Crippen MR) is 92.6 cm³/mol. The van der Waals surface area contributed by atoms with Crippen molar-refractivity contribution in [1.29, 1.82) is 0 Å². The maximum Gasteiger partial charge on any atom is 0.144 e. The van der Waals surface area contributed by atoms with E-state index in [9.17, 15) is 4.79 Å². The van der Waals surface area contributed by atoms with Crippen LogP contribution >= 0.6 is 0 Å². The number of Topliss-reactive ketones (excluding diaryl/α,β-unsaturated/α-hetero) is 1. The van der Waals surface area contributed by atoms with Gasteiger partial charge in [0, 0.05) is 12.8 Å². The highest BCUT2D eigenvalue weighted by atomic mass is 16.1. The number of rotatable bonds is 2. The summed E-state index contributed by atoms with van der Waals surface area (Å²) in [5, 5.41) is 0. The highest BCUT2D eigenvalue weighted by Crippen LogP contribution is 2.38. The van der Waals surface area contributed by atoms with Crippen LogP contribution in [0.4, 0.5) is 0 Å². The molecule has 1 aliphatic rings. The van der Waals surface area contributed by atoms with Crippen molar-refractivity contribution in [2.75, 3.05) is 0 Å². The minimum Gasteiger partial charge on any atom is -0.299 e. The van der Waals surface area contributed by atoms with E-state index < -0.39 is 5.41 Å². The van der Waals surface area contributed by atoms with Gasteiger partial charge in [-0.1, -0.05) is 48.9 Å². The summed E-state index contributed by atoms with van der Waals surface area (Å²) in [6, 6.07) is 10.1. The third-order valence-electron chi connectivity index (χ3n) is 4.90. The first-order valence-corrected chi connectivity index (χ1v) is 8.26. The zero-order valence-electron chi connectivity index (χ0n) is 13.8. The summed E-state index contributed by atoms with van der Waals surface area (Å²) in [5.41, 5.74) is 1.94. The maximum atomic E-state index is 13.1. The van der Waals surface area contributed by atoms with Crippen LogP contribution in [0.3, 0.4) is 0 Å². The van der Waals surface area contributed by atoms with Gasteiger partial charge in [0.15, 0.2) is 0 Å². The Kier molecular flexibility index (Phi) is 5.61. The van der Waals surface area contributed by atoms with Crippen LogP contribution in [-0.2, 0) is 10.2 Å². The molecule has 2 rings (SSSR count). The fourth-order valence-corrected chi connectivity index (χ4v) is 3.41. The van der Waals surface area contributed by atoms with Crippen LogP contribution in [0.15, 0.2) is 42.0 Å². The molecule has 0 bridgehead atoms. The molecule has 0 saturated carbocycles. The standard InChI is InChI=1S/C21H26O/c1-4-14-21(19-11-6-5-7-12-19)15-13-17(2)9-8-10-18(3)16-20(21)22/h1,5-7,9,11-12,18H,8,10,13-16H2,2-3H3/b17-9+/t18-,21+/m0/s1. The molecule has 0 amide bonds. The molecule has 0 fully saturated rings. The fourth-order valence-electron chi connectivity index (χ4n) is 3.41. The minimum atomic E-state index is -0.517. The Morgan fingerprint density at radius 3 is 2.73 bits per heavy atom. The number of carbonyl (C=O) groups excluding carboxylic acids is 1. The number of terminal acetylenes is 1. The van der Waals surface area contributed by atoms with Crippen LogP contribution in [0, 0.1) is 18.3 Å². The Hall–Kier alpha value is -1.81. The zero-order valence-corrected chi connectivity index (χ0v) is 13.8. The van der Waals surface area contributed by atoms with Crippen LogP contribution in [0.5, 0.6) is 0 Å². The smallest absolute Gasteiger partial charge is 0.144 e. The Morgan fingerprint density at radius 1 is 1.32 bits per heavy atom. The summed E-state index contributed by atoms with van der Waals surface area (Å²) in [7, 11) is 0. The van der Waals surface area contributed by atoms with Crippen LogP contribution in [0.25, 0.3) is 0 Å². The van der Waals surface area contributed by atoms with Gasteiger partial charge in [0.1, 0.15) is 5.78 Å². The van der Waals surface area contributed by atoms with Crippen molar-refractivity contribution in [2.45, 2.75) is 57.8 Å². The van der Waals surface area contributed by atoms with Crippen molar-refractivity contribution in [3.8, 4) is 12.3 Å². The number of hydrogen-bond donors (Lipinski definition) is 0. The van der Waals surface area contributed by atoms with Crippen molar-refractivity contribution in [3.63, 3.8) is 0 Å². The molecular weight excluding hydrogens is 268 g/mol. The summed E-state index contributed by atoms with van der Waals surface area (Å²) < 4.78 is 0. The van der Waals surface area contributed by atoms with Gasteiger partial charge in [-0.2, -0.15) is 0 Å². The van der Waals surface area contributed by atoms with Gasteiger partial charge in [0.2, 0.25) is 0 Å². The zero-order chi connectivity index (χ0) is 16.0. The molecule has 0 heterocycles. The molecule has 1 aromatic rings. The number of carbonyl (C=O) groups is 1. The van der Waals surface area contributed by atoms with Gasteiger partial charge >= 0.3 is 0 Å². The van der Waals surface area contributed by atoms with Crippen molar-refractivity contribution in [2.24, 2.45) is 5.92 Å². The molecule has 1 aromatic carbocycles. The lowest BCUT2D eigenvalue weighted by molar-refractivity contribution is -0.125. The van der Waals surface area contributed by atoms with Gasteiger partial charge in [0.25, 0.3) is 0 Å². The maximum absolute atomic E-state index is 13.1. The fraction of sp³-hybridized carbons (Fsp3) is 0.476. The summed E-state index contributed by atoms with van der Waals surface area (Å²) in [4.78, 5) is 13.1. The van der Waals surface area contributed by atoms with Gasteiger partial charge in [-0.25, -0.2) is 0 Å². The molecule has 116 valence electrons. The average molecular weight is 294 g/mol. The number of allylic oxidation sites excluding steroid dienone is 2. The van der Waals surface area contributed by atoms with E-state index in [0.717, 1.165) is 31.2 Å². The molecule has 22 heavy (non-hydrogen) atoms. The lowest BCUT2D eigenvalue weighted by Gasteiger charge is -2.33. The third kappa shape index (κ3) is 3.69.